The van der Waals surface area contributed by atoms with Crippen LogP contribution in [0.1, 0.15) is 38.9 Å². The van der Waals surface area contributed by atoms with E-state index in [1.807, 2.05) is 0 Å². The first-order valence-corrected chi connectivity index (χ1v) is 8.32. The molecule has 0 spiro atoms. The average Bonchev–Trinajstić information content (AvgIpc) is 2.48. The first-order chi connectivity index (χ1) is 10.7. The summed E-state index contributed by atoms with van der Waals surface area (Å²) in [6.07, 6.45) is 0.163. The molecule has 1 heterocycles. The quantitative estimate of drug-likeness (QED) is 0.901. The Morgan fingerprint density at radius 1 is 1.09 bits per heavy atom. The zero-order valence-electron chi connectivity index (χ0n) is 14.4. The first-order valence-electron chi connectivity index (χ1n) is 8.32. The maximum atomic E-state index is 13.7. The summed E-state index contributed by atoms with van der Waals surface area (Å²) in [6.45, 7) is 11.7. The SMILES string of the molecule is CC(C)(C)CCN1CCN(CC(O)c2cc(F)ccc2F)CC1. The van der Waals surface area contributed by atoms with Crippen molar-refractivity contribution in [1.29, 1.82) is 0 Å². The molecule has 1 saturated heterocycles. The number of hydrogen-bond donors (Lipinski definition) is 1. The predicted octanol–water partition coefficient (Wildman–Crippen LogP) is 3.05. The number of halogens is 2. The second-order valence-electron chi connectivity index (χ2n) is 7.63. The van der Waals surface area contributed by atoms with E-state index in [1.54, 1.807) is 0 Å². The molecule has 1 aromatic rings. The summed E-state index contributed by atoms with van der Waals surface area (Å²) in [6, 6.07) is 3.22. The molecule has 0 amide bonds. The van der Waals surface area contributed by atoms with E-state index in [2.05, 4.69) is 30.6 Å². The molecule has 2 rings (SSSR count). The summed E-state index contributed by atoms with van der Waals surface area (Å²) < 4.78 is 26.9. The van der Waals surface area contributed by atoms with Crippen molar-refractivity contribution in [3.63, 3.8) is 0 Å². The lowest BCUT2D eigenvalue weighted by Gasteiger charge is -2.36. The fourth-order valence-electron chi connectivity index (χ4n) is 2.80. The first kappa shape index (κ1) is 18.3. The molecular formula is C18H28F2N2O. The van der Waals surface area contributed by atoms with Crippen molar-refractivity contribution in [2.75, 3.05) is 39.3 Å². The van der Waals surface area contributed by atoms with E-state index < -0.39 is 17.7 Å². The van der Waals surface area contributed by atoms with Crippen LogP contribution in [0.15, 0.2) is 18.2 Å². The molecule has 130 valence electrons. The highest BCUT2D eigenvalue weighted by Crippen LogP contribution is 2.21. The molecule has 1 aliphatic rings. The minimum atomic E-state index is -0.994. The maximum absolute atomic E-state index is 13.7. The molecule has 3 nitrogen and oxygen atoms in total. The average molecular weight is 326 g/mol. The lowest BCUT2D eigenvalue weighted by molar-refractivity contribution is 0.0672. The van der Waals surface area contributed by atoms with Gasteiger partial charge in [0.15, 0.2) is 0 Å². The number of aliphatic hydroxyl groups excluding tert-OH is 1. The Bertz CT molecular complexity index is 508. The third-order valence-corrected chi connectivity index (χ3v) is 4.39. The van der Waals surface area contributed by atoms with Crippen molar-refractivity contribution in [1.82, 2.24) is 9.80 Å². The fraction of sp³-hybridized carbons (Fsp3) is 0.667. The monoisotopic (exact) mass is 326 g/mol. The van der Waals surface area contributed by atoms with E-state index in [0.717, 1.165) is 57.3 Å². The van der Waals surface area contributed by atoms with Crippen LogP contribution in [0.25, 0.3) is 0 Å². The molecule has 0 bridgehead atoms. The lowest BCUT2D eigenvalue weighted by atomic mass is 9.92. The summed E-state index contributed by atoms with van der Waals surface area (Å²) in [4.78, 5) is 4.54. The van der Waals surface area contributed by atoms with Gasteiger partial charge < -0.3 is 10.0 Å². The lowest BCUT2D eigenvalue weighted by Crippen LogP contribution is -2.48. The molecular weight excluding hydrogens is 298 g/mol. The second-order valence-corrected chi connectivity index (χ2v) is 7.63. The van der Waals surface area contributed by atoms with Gasteiger partial charge in [0.1, 0.15) is 11.6 Å². The summed E-state index contributed by atoms with van der Waals surface area (Å²) in [5.41, 5.74) is 0.377. The van der Waals surface area contributed by atoms with Gasteiger partial charge in [0.25, 0.3) is 0 Å². The van der Waals surface area contributed by atoms with Crippen molar-refractivity contribution in [2.24, 2.45) is 5.41 Å². The van der Waals surface area contributed by atoms with Crippen molar-refractivity contribution in [2.45, 2.75) is 33.3 Å². The molecule has 0 aromatic heterocycles. The third-order valence-electron chi connectivity index (χ3n) is 4.39. The number of piperazine rings is 1. The molecule has 1 N–H and O–H groups in total. The number of rotatable bonds is 5. The van der Waals surface area contributed by atoms with Crippen LogP contribution in [0.5, 0.6) is 0 Å². The van der Waals surface area contributed by atoms with Gasteiger partial charge in [-0.1, -0.05) is 20.8 Å². The van der Waals surface area contributed by atoms with Crippen LogP contribution in [0.2, 0.25) is 0 Å². The Hall–Kier alpha value is -1.04. The molecule has 1 atom stereocenters. The summed E-state index contributed by atoms with van der Waals surface area (Å²) in [5.74, 6) is -1.07. The minimum Gasteiger partial charge on any atom is -0.387 e. The van der Waals surface area contributed by atoms with Gasteiger partial charge in [-0.2, -0.15) is 0 Å². The van der Waals surface area contributed by atoms with Crippen LogP contribution >= 0.6 is 0 Å². The molecule has 1 aliphatic heterocycles. The molecule has 23 heavy (non-hydrogen) atoms. The van der Waals surface area contributed by atoms with Crippen LogP contribution in [0.3, 0.4) is 0 Å². The summed E-state index contributed by atoms with van der Waals surface area (Å²) in [5, 5.41) is 10.2. The van der Waals surface area contributed by atoms with Crippen LogP contribution in [-0.4, -0.2) is 54.2 Å². The standard InChI is InChI=1S/C18H28F2N2O/c1-18(2,3)6-7-21-8-10-22(11-9-21)13-17(23)15-12-14(19)4-5-16(15)20/h4-5,12,17,23H,6-11,13H2,1-3H3. The number of nitrogens with zero attached hydrogens (tertiary/aromatic N) is 2. The van der Waals surface area contributed by atoms with Gasteiger partial charge in [-0.3, -0.25) is 4.90 Å². The largest absolute Gasteiger partial charge is 0.387 e. The molecule has 0 aliphatic carbocycles. The van der Waals surface area contributed by atoms with Crippen molar-refractivity contribution < 1.29 is 13.9 Å². The zero-order chi connectivity index (χ0) is 17.0. The number of aliphatic hydroxyl groups is 1. The van der Waals surface area contributed by atoms with Gasteiger partial charge in [0.05, 0.1) is 6.10 Å². The van der Waals surface area contributed by atoms with Crippen LogP contribution in [-0.2, 0) is 0 Å². The molecule has 1 aromatic carbocycles. The van der Waals surface area contributed by atoms with Crippen molar-refractivity contribution in [3.05, 3.63) is 35.4 Å². The van der Waals surface area contributed by atoms with Crippen LogP contribution < -0.4 is 0 Å². The Morgan fingerprint density at radius 2 is 1.70 bits per heavy atom. The fourth-order valence-corrected chi connectivity index (χ4v) is 2.80. The molecule has 0 saturated carbocycles. The van der Waals surface area contributed by atoms with Gasteiger partial charge in [0, 0.05) is 38.3 Å². The van der Waals surface area contributed by atoms with Gasteiger partial charge in [-0.15, -0.1) is 0 Å². The topological polar surface area (TPSA) is 26.7 Å². The summed E-state index contributed by atoms with van der Waals surface area (Å²) >= 11 is 0. The Labute approximate surface area is 137 Å². The van der Waals surface area contributed by atoms with E-state index in [0.29, 0.717) is 12.0 Å². The van der Waals surface area contributed by atoms with E-state index in [9.17, 15) is 13.9 Å². The van der Waals surface area contributed by atoms with Crippen molar-refractivity contribution in [3.8, 4) is 0 Å². The molecule has 5 heteroatoms. The third kappa shape index (κ3) is 5.83. The smallest absolute Gasteiger partial charge is 0.129 e. The minimum absolute atomic E-state index is 0.0418. The normalized spacial score (nSPS) is 19.0. The highest BCUT2D eigenvalue weighted by molar-refractivity contribution is 5.21. The molecule has 1 fully saturated rings. The molecule has 0 radical (unpaired) electrons. The van der Waals surface area contributed by atoms with E-state index in [4.69, 9.17) is 0 Å². The Morgan fingerprint density at radius 3 is 2.30 bits per heavy atom. The van der Waals surface area contributed by atoms with Gasteiger partial charge in [0.2, 0.25) is 0 Å². The zero-order valence-corrected chi connectivity index (χ0v) is 14.4. The van der Waals surface area contributed by atoms with Gasteiger partial charge in [-0.05, 0) is 36.6 Å². The number of benzene rings is 1. The number of β-amino-alcohol motifs (C(OH)–C–C–N with tert-alkyl or cyclic N) is 1. The van der Waals surface area contributed by atoms with Crippen molar-refractivity contribution >= 4 is 0 Å². The maximum Gasteiger partial charge on any atom is 0.129 e. The highest BCUT2D eigenvalue weighted by atomic mass is 19.1. The Balaban J connectivity index is 1.81. The van der Waals surface area contributed by atoms with Crippen LogP contribution in [0, 0.1) is 17.0 Å². The number of hydrogen-bond acceptors (Lipinski definition) is 3. The second kappa shape index (κ2) is 7.69. The van der Waals surface area contributed by atoms with E-state index in [-0.39, 0.29) is 5.56 Å². The Kier molecular flexibility index (Phi) is 6.12. The van der Waals surface area contributed by atoms with Gasteiger partial charge in [-0.25, -0.2) is 8.78 Å². The highest BCUT2D eigenvalue weighted by Gasteiger charge is 2.22. The van der Waals surface area contributed by atoms with Crippen LogP contribution in [0.4, 0.5) is 8.78 Å². The van der Waals surface area contributed by atoms with E-state index >= 15 is 0 Å². The van der Waals surface area contributed by atoms with Gasteiger partial charge >= 0.3 is 0 Å². The van der Waals surface area contributed by atoms with E-state index in [1.165, 1.54) is 0 Å². The molecule has 1 unspecified atom stereocenters. The predicted molar refractivity (Wildman–Crippen MR) is 88.3 cm³/mol. The summed E-state index contributed by atoms with van der Waals surface area (Å²) in [7, 11) is 0.